The molecule has 6 atom stereocenters. The highest BCUT2D eigenvalue weighted by Crippen LogP contribution is 2.63. The SMILES string of the molecule is COC(=O)[C@@H]1C=C2C[C@@H](O)CC[C@]2(C)C2=CC[C@]3(C)C(=O)CCC3[C@@H]21. The van der Waals surface area contributed by atoms with Gasteiger partial charge in [-0.2, -0.15) is 0 Å². The monoisotopic (exact) mass is 344 g/mol. The minimum Gasteiger partial charge on any atom is -0.469 e. The van der Waals surface area contributed by atoms with Crippen LogP contribution in [0.3, 0.4) is 0 Å². The summed E-state index contributed by atoms with van der Waals surface area (Å²) in [6, 6.07) is 0. The molecule has 2 saturated carbocycles. The minimum atomic E-state index is -0.337. The number of aliphatic hydroxyl groups is 1. The minimum absolute atomic E-state index is 0.0571. The molecule has 1 N–H and O–H groups in total. The van der Waals surface area contributed by atoms with Gasteiger partial charge in [0.2, 0.25) is 0 Å². The van der Waals surface area contributed by atoms with E-state index in [-0.39, 0.29) is 40.7 Å². The van der Waals surface area contributed by atoms with Crippen molar-refractivity contribution < 1.29 is 19.4 Å². The first kappa shape index (κ1) is 17.0. The highest BCUT2D eigenvalue weighted by Gasteiger charge is 2.58. The van der Waals surface area contributed by atoms with Crippen LogP contribution >= 0.6 is 0 Å². The van der Waals surface area contributed by atoms with Crippen LogP contribution in [0.2, 0.25) is 0 Å². The van der Waals surface area contributed by atoms with E-state index in [0.29, 0.717) is 18.6 Å². The van der Waals surface area contributed by atoms with Gasteiger partial charge in [0, 0.05) is 23.2 Å². The number of hydrogen-bond acceptors (Lipinski definition) is 4. The molecular weight excluding hydrogens is 316 g/mol. The van der Waals surface area contributed by atoms with Crippen LogP contribution in [-0.4, -0.2) is 30.1 Å². The number of Topliss-reactive ketones (excluding diaryl/α,β-unsaturated/α-hetero) is 1. The lowest BCUT2D eigenvalue weighted by Crippen LogP contribution is -2.49. The quantitative estimate of drug-likeness (QED) is 0.586. The Morgan fingerprint density at radius 2 is 2.08 bits per heavy atom. The van der Waals surface area contributed by atoms with Gasteiger partial charge in [-0.15, -0.1) is 0 Å². The van der Waals surface area contributed by atoms with E-state index in [2.05, 4.69) is 26.0 Å². The first-order valence-electron chi connectivity index (χ1n) is 9.52. The average Bonchev–Trinajstić information content (AvgIpc) is 2.89. The average molecular weight is 344 g/mol. The number of ketones is 1. The predicted octanol–water partition coefficient (Wildman–Crippen LogP) is 3.20. The van der Waals surface area contributed by atoms with Crippen molar-refractivity contribution in [1.82, 2.24) is 0 Å². The summed E-state index contributed by atoms with van der Waals surface area (Å²) in [5, 5.41) is 10.1. The molecule has 0 aromatic rings. The number of hydrogen-bond donors (Lipinski definition) is 1. The summed E-state index contributed by atoms with van der Waals surface area (Å²) in [5.74, 6) is 0.0666. The zero-order valence-corrected chi connectivity index (χ0v) is 15.4. The molecule has 0 spiro atoms. The van der Waals surface area contributed by atoms with Gasteiger partial charge in [0.1, 0.15) is 5.78 Å². The molecule has 4 heteroatoms. The fourth-order valence-corrected chi connectivity index (χ4v) is 6.10. The molecule has 136 valence electrons. The smallest absolute Gasteiger partial charge is 0.313 e. The van der Waals surface area contributed by atoms with E-state index in [1.54, 1.807) is 0 Å². The van der Waals surface area contributed by atoms with Crippen LogP contribution in [0.15, 0.2) is 23.3 Å². The number of rotatable bonds is 1. The molecule has 0 heterocycles. The predicted molar refractivity (Wildman–Crippen MR) is 93.6 cm³/mol. The number of allylic oxidation sites excluding steroid dienone is 2. The van der Waals surface area contributed by atoms with Gasteiger partial charge in [-0.05, 0) is 38.0 Å². The van der Waals surface area contributed by atoms with Crippen LogP contribution in [0.4, 0.5) is 0 Å². The van der Waals surface area contributed by atoms with E-state index in [1.165, 1.54) is 18.3 Å². The van der Waals surface area contributed by atoms with Crippen LogP contribution in [0.5, 0.6) is 0 Å². The largest absolute Gasteiger partial charge is 0.469 e. The molecule has 0 aromatic carbocycles. The van der Waals surface area contributed by atoms with Gasteiger partial charge in [0.25, 0.3) is 0 Å². The van der Waals surface area contributed by atoms with Gasteiger partial charge < -0.3 is 9.84 Å². The normalized spacial score (nSPS) is 45.7. The number of esters is 1. The molecule has 4 aliphatic rings. The number of ether oxygens (including phenoxy) is 1. The van der Waals surface area contributed by atoms with Gasteiger partial charge in [-0.25, -0.2) is 0 Å². The van der Waals surface area contributed by atoms with E-state index in [4.69, 9.17) is 4.74 Å². The second-order valence-electron chi connectivity index (χ2n) is 8.84. The van der Waals surface area contributed by atoms with E-state index < -0.39 is 0 Å². The van der Waals surface area contributed by atoms with Crippen LogP contribution in [0.1, 0.15) is 52.4 Å². The molecule has 0 aromatic heterocycles. The number of carbonyl (C=O) groups is 2. The summed E-state index contributed by atoms with van der Waals surface area (Å²) in [7, 11) is 1.44. The van der Waals surface area contributed by atoms with E-state index in [9.17, 15) is 14.7 Å². The van der Waals surface area contributed by atoms with Crippen molar-refractivity contribution >= 4 is 11.8 Å². The number of aliphatic hydroxyl groups excluding tert-OH is 1. The summed E-state index contributed by atoms with van der Waals surface area (Å²) in [4.78, 5) is 25.2. The summed E-state index contributed by atoms with van der Waals surface area (Å²) < 4.78 is 5.13. The molecule has 2 fully saturated rings. The maximum Gasteiger partial charge on any atom is 0.313 e. The highest BCUT2D eigenvalue weighted by molar-refractivity contribution is 5.88. The third-order valence-corrected chi connectivity index (χ3v) is 7.70. The van der Waals surface area contributed by atoms with Crippen LogP contribution in [0.25, 0.3) is 0 Å². The first-order valence-corrected chi connectivity index (χ1v) is 9.52. The Bertz CT molecular complexity index is 690. The molecule has 1 unspecified atom stereocenters. The maximum atomic E-state index is 12.6. The molecule has 25 heavy (non-hydrogen) atoms. The molecule has 0 radical (unpaired) electrons. The van der Waals surface area contributed by atoms with E-state index >= 15 is 0 Å². The first-order chi connectivity index (χ1) is 11.8. The molecule has 4 aliphatic carbocycles. The van der Waals surface area contributed by atoms with Crippen LogP contribution < -0.4 is 0 Å². The Morgan fingerprint density at radius 3 is 2.80 bits per heavy atom. The highest BCUT2D eigenvalue weighted by atomic mass is 16.5. The number of carbonyl (C=O) groups excluding carboxylic acids is 2. The van der Waals surface area contributed by atoms with Gasteiger partial charge in [0.05, 0.1) is 19.1 Å². The van der Waals surface area contributed by atoms with Crippen molar-refractivity contribution in [2.75, 3.05) is 7.11 Å². The van der Waals surface area contributed by atoms with Crippen molar-refractivity contribution in [1.29, 1.82) is 0 Å². The summed E-state index contributed by atoms with van der Waals surface area (Å²) >= 11 is 0. The lowest BCUT2D eigenvalue weighted by atomic mass is 9.50. The van der Waals surface area contributed by atoms with Crippen LogP contribution in [-0.2, 0) is 14.3 Å². The van der Waals surface area contributed by atoms with Crippen molar-refractivity contribution in [3.8, 4) is 0 Å². The fourth-order valence-electron chi connectivity index (χ4n) is 6.10. The second-order valence-corrected chi connectivity index (χ2v) is 8.84. The van der Waals surface area contributed by atoms with Crippen molar-refractivity contribution in [3.05, 3.63) is 23.3 Å². The molecule has 0 aliphatic heterocycles. The Balaban J connectivity index is 1.85. The molecule has 4 nitrogen and oxygen atoms in total. The topological polar surface area (TPSA) is 63.6 Å². The third-order valence-electron chi connectivity index (χ3n) is 7.70. The van der Waals surface area contributed by atoms with E-state index in [0.717, 1.165) is 25.7 Å². The Morgan fingerprint density at radius 1 is 1.32 bits per heavy atom. The Kier molecular flexibility index (Phi) is 3.77. The lowest BCUT2D eigenvalue weighted by Gasteiger charge is -2.53. The van der Waals surface area contributed by atoms with Crippen molar-refractivity contribution in [2.24, 2.45) is 28.6 Å². The van der Waals surface area contributed by atoms with Crippen LogP contribution in [0, 0.1) is 28.6 Å². The lowest BCUT2D eigenvalue weighted by molar-refractivity contribution is -0.147. The number of methoxy groups -OCH3 is 1. The third kappa shape index (κ3) is 2.22. The molecule has 4 rings (SSSR count). The molecule has 0 amide bonds. The summed E-state index contributed by atoms with van der Waals surface area (Å²) in [6.07, 6.45) is 8.61. The second kappa shape index (κ2) is 5.54. The maximum absolute atomic E-state index is 12.6. The Labute approximate surface area is 149 Å². The standard InChI is InChI=1S/C21H28O4/c1-20-8-6-13(22)10-12(20)11-14(19(24)25-3)18-15-4-5-17(23)21(15,2)9-7-16(18)20/h7,11,13-15,18,22H,4-6,8-10H2,1-3H3/t13-,14+,15?,18-,20-,21-/m0/s1. The molecular formula is C21H28O4. The fraction of sp³-hybridized carbons (Fsp3) is 0.714. The molecule has 0 bridgehead atoms. The van der Waals surface area contributed by atoms with E-state index in [1.807, 2.05) is 0 Å². The Hall–Kier alpha value is -1.42. The van der Waals surface area contributed by atoms with Crippen molar-refractivity contribution in [2.45, 2.75) is 58.5 Å². The molecule has 0 saturated heterocycles. The summed E-state index contributed by atoms with van der Waals surface area (Å²) in [6.45, 7) is 4.34. The van der Waals surface area contributed by atoms with Gasteiger partial charge >= 0.3 is 5.97 Å². The zero-order valence-electron chi connectivity index (χ0n) is 15.4. The zero-order chi connectivity index (χ0) is 18.0. The number of fused-ring (bicyclic) bond motifs is 5. The van der Waals surface area contributed by atoms with Gasteiger partial charge in [-0.3, -0.25) is 9.59 Å². The summed E-state index contributed by atoms with van der Waals surface area (Å²) in [5.41, 5.74) is 2.08. The van der Waals surface area contributed by atoms with Crippen molar-refractivity contribution in [3.63, 3.8) is 0 Å². The van der Waals surface area contributed by atoms with Gasteiger partial charge in [-0.1, -0.05) is 37.1 Å². The van der Waals surface area contributed by atoms with Gasteiger partial charge in [0.15, 0.2) is 0 Å².